The Morgan fingerprint density at radius 3 is 2.77 bits per heavy atom. The molecule has 3 aromatic heterocycles. The first kappa shape index (κ1) is 23.0. The van der Waals surface area contributed by atoms with E-state index in [4.69, 9.17) is 9.52 Å². The molecule has 1 N–H and O–H groups in total. The normalized spacial score (nSPS) is 16.0. The number of rotatable bonds is 6. The maximum Gasteiger partial charge on any atom is 0.220 e. The number of hydrogen-bond donors (Lipinski definition) is 1. The standard InChI is InChI=1S/C17H23N7O3S2.HI/c1-2-18-16(19-11-15-12-23-8-10-28-17(23)20-15)22-4-6-24(7-5-22)29(25,26)13-14-3-9-27-21-14;/h3,8-10,12H,2,4-7,11,13H2,1H3,(H,18,19);1H. The number of aliphatic imine (C=N–C) groups is 1. The van der Waals surface area contributed by atoms with Crippen molar-refractivity contribution in [3.05, 3.63) is 41.5 Å². The van der Waals surface area contributed by atoms with Crippen LogP contribution in [0.4, 0.5) is 0 Å². The third-order valence-electron chi connectivity index (χ3n) is 4.62. The van der Waals surface area contributed by atoms with E-state index in [-0.39, 0.29) is 29.7 Å². The maximum atomic E-state index is 12.6. The quantitative estimate of drug-likeness (QED) is 0.275. The molecule has 10 nitrogen and oxygen atoms in total. The van der Waals surface area contributed by atoms with Crippen molar-refractivity contribution < 1.29 is 12.9 Å². The molecule has 30 heavy (non-hydrogen) atoms. The smallest absolute Gasteiger partial charge is 0.220 e. The van der Waals surface area contributed by atoms with Gasteiger partial charge in [0.25, 0.3) is 0 Å². The second kappa shape index (κ2) is 10.1. The summed E-state index contributed by atoms with van der Waals surface area (Å²) in [5.41, 5.74) is 1.32. The lowest BCUT2D eigenvalue weighted by Crippen LogP contribution is -2.53. The van der Waals surface area contributed by atoms with Crippen LogP contribution in [0.2, 0.25) is 0 Å². The highest BCUT2D eigenvalue weighted by atomic mass is 127. The van der Waals surface area contributed by atoms with Crippen LogP contribution in [0, 0.1) is 0 Å². The van der Waals surface area contributed by atoms with Crippen molar-refractivity contribution in [1.29, 1.82) is 0 Å². The van der Waals surface area contributed by atoms with E-state index in [0.29, 0.717) is 38.4 Å². The first-order valence-electron chi connectivity index (χ1n) is 9.36. The van der Waals surface area contributed by atoms with Crippen molar-refractivity contribution in [2.24, 2.45) is 4.99 Å². The van der Waals surface area contributed by atoms with Gasteiger partial charge in [-0.3, -0.25) is 4.40 Å². The number of nitrogens with one attached hydrogen (secondary N) is 1. The molecule has 1 fully saturated rings. The number of nitrogens with zero attached hydrogens (tertiary/aromatic N) is 6. The van der Waals surface area contributed by atoms with E-state index in [1.165, 1.54) is 10.6 Å². The van der Waals surface area contributed by atoms with Gasteiger partial charge in [-0.05, 0) is 6.92 Å². The summed E-state index contributed by atoms with van der Waals surface area (Å²) in [5, 5.41) is 8.99. The summed E-state index contributed by atoms with van der Waals surface area (Å²) in [7, 11) is -3.42. The van der Waals surface area contributed by atoms with Crippen LogP contribution in [-0.2, 0) is 22.3 Å². The van der Waals surface area contributed by atoms with Crippen molar-refractivity contribution in [3.8, 4) is 0 Å². The van der Waals surface area contributed by atoms with Crippen LogP contribution in [0.1, 0.15) is 18.3 Å². The molecule has 0 aromatic carbocycles. The van der Waals surface area contributed by atoms with Crippen molar-refractivity contribution in [2.75, 3.05) is 32.7 Å². The fourth-order valence-corrected chi connectivity index (χ4v) is 5.35. The van der Waals surface area contributed by atoms with E-state index < -0.39 is 10.0 Å². The number of guanidine groups is 1. The molecule has 13 heteroatoms. The highest BCUT2D eigenvalue weighted by Crippen LogP contribution is 2.14. The molecule has 0 spiro atoms. The molecule has 4 rings (SSSR count). The molecule has 0 unspecified atom stereocenters. The molecule has 0 atom stereocenters. The van der Waals surface area contributed by atoms with Gasteiger partial charge in [0.05, 0.1) is 17.9 Å². The van der Waals surface area contributed by atoms with Crippen molar-refractivity contribution in [1.82, 2.24) is 29.1 Å². The average Bonchev–Trinajstić information content (AvgIpc) is 3.43. The SMILES string of the molecule is CCNC(=NCc1cn2ccsc2n1)N1CCN(S(=O)(=O)Cc2ccon2)CC1.I. The van der Waals surface area contributed by atoms with Gasteiger partial charge in [0.15, 0.2) is 10.9 Å². The van der Waals surface area contributed by atoms with Gasteiger partial charge in [0, 0.05) is 56.6 Å². The second-order valence-corrected chi connectivity index (χ2v) is 9.47. The molecule has 1 aliphatic heterocycles. The molecular formula is C17H24IN7O3S2. The molecule has 1 saturated heterocycles. The molecule has 164 valence electrons. The van der Waals surface area contributed by atoms with E-state index in [1.807, 2.05) is 29.1 Å². The first-order chi connectivity index (χ1) is 14.0. The predicted molar refractivity (Wildman–Crippen MR) is 126 cm³/mol. The van der Waals surface area contributed by atoms with Crippen LogP contribution >= 0.6 is 35.3 Å². The van der Waals surface area contributed by atoms with Crippen LogP contribution in [0.3, 0.4) is 0 Å². The molecule has 0 amide bonds. The molecule has 0 saturated carbocycles. The number of piperazine rings is 1. The summed E-state index contributed by atoms with van der Waals surface area (Å²) < 4.78 is 33.4. The Labute approximate surface area is 196 Å². The summed E-state index contributed by atoms with van der Waals surface area (Å²) in [4.78, 5) is 12.3. The van der Waals surface area contributed by atoms with E-state index in [9.17, 15) is 8.42 Å². The highest BCUT2D eigenvalue weighted by molar-refractivity contribution is 14.0. The van der Waals surface area contributed by atoms with Crippen molar-refractivity contribution in [3.63, 3.8) is 0 Å². The zero-order valence-electron chi connectivity index (χ0n) is 16.5. The number of aromatic nitrogens is 3. The van der Waals surface area contributed by atoms with Crippen molar-refractivity contribution >= 4 is 56.3 Å². The highest BCUT2D eigenvalue weighted by Gasteiger charge is 2.29. The van der Waals surface area contributed by atoms with Gasteiger partial charge in [0.2, 0.25) is 10.0 Å². The van der Waals surface area contributed by atoms with Gasteiger partial charge in [-0.2, -0.15) is 4.31 Å². The van der Waals surface area contributed by atoms with Gasteiger partial charge in [-0.15, -0.1) is 35.3 Å². The van der Waals surface area contributed by atoms with Gasteiger partial charge in [-0.1, -0.05) is 5.16 Å². The Morgan fingerprint density at radius 2 is 2.10 bits per heavy atom. The van der Waals surface area contributed by atoms with Gasteiger partial charge in [-0.25, -0.2) is 18.4 Å². The van der Waals surface area contributed by atoms with Crippen molar-refractivity contribution in [2.45, 2.75) is 19.2 Å². The third kappa shape index (κ3) is 5.31. The molecule has 0 aliphatic carbocycles. The minimum atomic E-state index is -3.42. The Morgan fingerprint density at radius 1 is 1.30 bits per heavy atom. The molecule has 0 bridgehead atoms. The van der Waals surface area contributed by atoms with Crippen LogP contribution in [0.15, 0.2) is 39.6 Å². The fraction of sp³-hybridized carbons (Fsp3) is 0.471. The largest absolute Gasteiger partial charge is 0.364 e. The van der Waals surface area contributed by atoms with E-state index in [1.54, 1.807) is 17.4 Å². The summed E-state index contributed by atoms with van der Waals surface area (Å²) in [6.45, 7) is 5.18. The summed E-state index contributed by atoms with van der Waals surface area (Å²) in [6, 6.07) is 1.57. The zero-order chi connectivity index (χ0) is 20.3. The Kier molecular flexibility index (Phi) is 7.70. The molecule has 3 aromatic rings. The van der Waals surface area contributed by atoms with Crippen LogP contribution in [0.25, 0.3) is 4.96 Å². The monoisotopic (exact) mass is 565 g/mol. The van der Waals surface area contributed by atoms with Gasteiger partial charge >= 0.3 is 0 Å². The van der Waals surface area contributed by atoms with E-state index in [0.717, 1.165) is 23.2 Å². The topological polar surface area (TPSA) is 108 Å². The maximum absolute atomic E-state index is 12.6. The number of fused-ring (bicyclic) bond motifs is 1. The summed E-state index contributed by atoms with van der Waals surface area (Å²) >= 11 is 1.59. The number of halogens is 1. The minimum absolute atomic E-state index is 0. The summed E-state index contributed by atoms with van der Waals surface area (Å²) in [6.07, 6.45) is 5.34. The number of thiazole rings is 1. The summed E-state index contributed by atoms with van der Waals surface area (Å²) in [5.74, 6) is 0.632. The van der Waals surface area contributed by atoms with Crippen LogP contribution < -0.4 is 5.32 Å². The lowest BCUT2D eigenvalue weighted by molar-refractivity contribution is 0.259. The lowest BCUT2D eigenvalue weighted by Gasteiger charge is -2.35. The zero-order valence-corrected chi connectivity index (χ0v) is 20.4. The Bertz CT molecular complexity index is 1040. The number of imidazole rings is 1. The molecule has 4 heterocycles. The fourth-order valence-electron chi connectivity index (χ4n) is 3.20. The molecular weight excluding hydrogens is 541 g/mol. The number of hydrogen-bond acceptors (Lipinski definition) is 7. The average molecular weight is 565 g/mol. The second-order valence-electron chi connectivity index (χ2n) is 6.63. The molecule has 0 radical (unpaired) electrons. The Hall–Kier alpha value is -1.71. The third-order valence-corrected chi connectivity index (χ3v) is 7.21. The van der Waals surface area contributed by atoms with Gasteiger partial charge in [0.1, 0.15) is 12.0 Å². The first-order valence-corrected chi connectivity index (χ1v) is 11.9. The minimum Gasteiger partial charge on any atom is -0.364 e. The van der Waals surface area contributed by atoms with Crippen LogP contribution in [0.5, 0.6) is 0 Å². The van der Waals surface area contributed by atoms with E-state index in [2.05, 4.69) is 20.4 Å². The lowest BCUT2D eigenvalue weighted by atomic mass is 10.4. The number of sulfonamides is 1. The Balaban J connectivity index is 0.00000256. The molecule has 1 aliphatic rings. The van der Waals surface area contributed by atoms with E-state index >= 15 is 0 Å². The van der Waals surface area contributed by atoms with Crippen LogP contribution in [-0.4, -0.2) is 70.8 Å². The van der Waals surface area contributed by atoms with Gasteiger partial charge < -0.3 is 14.7 Å². The predicted octanol–water partition coefficient (Wildman–Crippen LogP) is 1.61.